The molecular weight excluding hydrogens is 416 g/mol. The van der Waals surface area contributed by atoms with Gasteiger partial charge in [-0.3, -0.25) is 4.79 Å². The van der Waals surface area contributed by atoms with Crippen molar-refractivity contribution in [3.63, 3.8) is 0 Å². The van der Waals surface area contributed by atoms with Crippen LogP contribution in [-0.4, -0.2) is 33.7 Å². The number of aromatic nitrogens is 3. The highest BCUT2D eigenvalue weighted by molar-refractivity contribution is 8.00. The number of carbonyl (C=O) groups is 1. The number of methoxy groups -OCH3 is 1. The number of amides is 1. The van der Waals surface area contributed by atoms with E-state index in [1.54, 1.807) is 7.11 Å². The van der Waals surface area contributed by atoms with E-state index >= 15 is 0 Å². The SMILES string of the molecule is CCc1nc(SCC(=O)Nc2nc(-c3ccc(OC)cc3)cs2)c2ccccc2n1. The molecule has 8 heteroatoms. The molecule has 2 aromatic carbocycles. The van der Waals surface area contributed by atoms with E-state index in [9.17, 15) is 4.79 Å². The van der Waals surface area contributed by atoms with Crippen LogP contribution in [0.3, 0.4) is 0 Å². The predicted octanol–water partition coefficient (Wildman–Crippen LogP) is 5.06. The van der Waals surface area contributed by atoms with E-state index in [1.807, 2.05) is 60.8 Å². The Morgan fingerprint density at radius 1 is 1.10 bits per heavy atom. The van der Waals surface area contributed by atoms with Gasteiger partial charge in [0, 0.05) is 22.8 Å². The summed E-state index contributed by atoms with van der Waals surface area (Å²) in [4.78, 5) is 26.2. The zero-order valence-electron chi connectivity index (χ0n) is 16.6. The number of carbonyl (C=O) groups excluding carboxylic acids is 1. The fourth-order valence-corrected chi connectivity index (χ4v) is 4.45. The molecule has 0 atom stereocenters. The number of rotatable bonds is 7. The number of aryl methyl sites for hydroxylation is 1. The summed E-state index contributed by atoms with van der Waals surface area (Å²) in [5.41, 5.74) is 2.69. The molecule has 0 radical (unpaired) electrons. The van der Waals surface area contributed by atoms with E-state index in [4.69, 9.17) is 4.74 Å². The number of benzene rings is 2. The largest absolute Gasteiger partial charge is 0.497 e. The van der Waals surface area contributed by atoms with E-state index in [-0.39, 0.29) is 11.7 Å². The van der Waals surface area contributed by atoms with Crippen molar-refractivity contribution in [2.75, 3.05) is 18.2 Å². The first-order valence-electron chi connectivity index (χ1n) is 9.44. The second-order valence-corrected chi connectivity index (χ2v) is 8.24. The van der Waals surface area contributed by atoms with E-state index in [2.05, 4.69) is 20.3 Å². The third-order valence-electron chi connectivity index (χ3n) is 4.41. The minimum Gasteiger partial charge on any atom is -0.497 e. The molecule has 152 valence electrons. The summed E-state index contributed by atoms with van der Waals surface area (Å²) in [7, 11) is 1.64. The Hall–Kier alpha value is -2.97. The average molecular weight is 437 g/mol. The fraction of sp³-hybridized carbons (Fsp3) is 0.182. The quantitative estimate of drug-likeness (QED) is 0.322. The molecule has 4 rings (SSSR count). The van der Waals surface area contributed by atoms with Crippen molar-refractivity contribution in [1.29, 1.82) is 0 Å². The third kappa shape index (κ3) is 4.60. The first kappa shape index (κ1) is 20.3. The number of thiazole rings is 1. The number of anilines is 1. The van der Waals surface area contributed by atoms with Crippen LogP contribution in [0.2, 0.25) is 0 Å². The van der Waals surface area contributed by atoms with E-state index in [0.29, 0.717) is 5.13 Å². The summed E-state index contributed by atoms with van der Waals surface area (Å²) in [6, 6.07) is 15.5. The maximum absolute atomic E-state index is 12.5. The Morgan fingerprint density at radius 3 is 2.67 bits per heavy atom. The molecule has 0 unspecified atom stereocenters. The highest BCUT2D eigenvalue weighted by Gasteiger charge is 2.12. The molecule has 1 N–H and O–H groups in total. The molecule has 4 aromatic rings. The number of nitrogens with zero attached hydrogens (tertiary/aromatic N) is 3. The molecule has 2 heterocycles. The maximum Gasteiger partial charge on any atom is 0.236 e. The van der Waals surface area contributed by atoms with Gasteiger partial charge >= 0.3 is 0 Å². The van der Waals surface area contributed by atoms with Crippen LogP contribution in [0.1, 0.15) is 12.7 Å². The van der Waals surface area contributed by atoms with Crippen molar-refractivity contribution in [2.24, 2.45) is 0 Å². The molecule has 0 saturated carbocycles. The molecular formula is C22H20N4O2S2. The molecule has 30 heavy (non-hydrogen) atoms. The smallest absolute Gasteiger partial charge is 0.236 e. The van der Waals surface area contributed by atoms with Gasteiger partial charge in [0.2, 0.25) is 5.91 Å². The number of ether oxygens (including phenoxy) is 1. The second kappa shape index (κ2) is 9.23. The third-order valence-corrected chi connectivity index (χ3v) is 6.16. The monoisotopic (exact) mass is 436 g/mol. The van der Waals surface area contributed by atoms with Crippen LogP contribution in [0.4, 0.5) is 5.13 Å². The van der Waals surface area contributed by atoms with E-state index in [1.165, 1.54) is 23.1 Å². The van der Waals surface area contributed by atoms with Crippen LogP contribution in [0, 0.1) is 0 Å². The Balaban J connectivity index is 1.42. The molecule has 0 aliphatic rings. The van der Waals surface area contributed by atoms with Crippen LogP contribution in [0.15, 0.2) is 58.9 Å². The summed E-state index contributed by atoms with van der Waals surface area (Å²) in [6.07, 6.45) is 0.748. The van der Waals surface area contributed by atoms with Gasteiger partial charge in [0.1, 0.15) is 16.6 Å². The number of fused-ring (bicyclic) bond motifs is 1. The van der Waals surface area contributed by atoms with Crippen molar-refractivity contribution in [3.05, 3.63) is 59.7 Å². The van der Waals surface area contributed by atoms with Gasteiger partial charge in [-0.2, -0.15) is 0 Å². The van der Waals surface area contributed by atoms with Gasteiger partial charge in [-0.25, -0.2) is 15.0 Å². The van der Waals surface area contributed by atoms with Gasteiger partial charge in [-0.1, -0.05) is 36.9 Å². The minimum atomic E-state index is -0.114. The van der Waals surface area contributed by atoms with Gasteiger partial charge in [0.15, 0.2) is 5.13 Å². The summed E-state index contributed by atoms with van der Waals surface area (Å²) < 4.78 is 5.18. The van der Waals surface area contributed by atoms with Gasteiger partial charge in [-0.15, -0.1) is 11.3 Å². The highest BCUT2D eigenvalue weighted by atomic mass is 32.2. The normalized spacial score (nSPS) is 10.9. The average Bonchev–Trinajstić information content (AvgIpc) is 3.25. The molecule has 0 saturated heterocycles. The topological polar surface area (TPSA) is 77.0 Å². The van der Waals surface area contributed by atoms with Crippen molar-refractivity contribution < 1.29 is 9.53 Å². The van der Waals surface area contributed by atoms with Gasteiger partial charge in [0.25, 0.3) is 0 Å². The summed E-state index contributed by atoms with van der Waals surface area (Å²) in [5.74, 6) is 1.71. The summed E-state index contributed by atoms with van der Waals surface area (Å²) in [5, 5.41) is 7.17. The lowest BCUT2D eigenvalue weighted by Gasteiger charge is -2.07. The number of nitrogens with one attached hydrogen (secondary N) is 1. The minimum absolute atomic E-state index is 0.114. The molecule has 0 spiro atoms. The molecule has 0 aliphatic carbocycles. The molecule has 0 fully saturated rings. The van der Waals surface area contributed by atoms with Crippen LogP contribution >= 0.6 is 23.1 Å². The van der Waals surface area contributed by atoms with Crippen LogP contribution in [0.25, 0.3) is 22.2 Å². The second-order valence-electron chi connectivity index (χ2n) is 6.42. The lowest BCUT2D eigenvalue weighted by atomic mass is 10.2. The zero-order valence-corrected chi connectivity index (χ0v) is 18.2. The first-order chi connectivity index (χ1) is 14.7. The fourth-order valence-electron chi connectivity index (χ4n) is 2.88. The number of para-hydroxylation sites is 1. The number of hydrogen-bond donors (Lipinski definition) is 1. The number of hydrogen-bond acceptors (Lipinski definition) is 7. The van der Waals surface area contributed by atoms with Crippen molar-refractivity contribution >= 4 is 45.0 Å². The number of thioether (sulfide) groups is 1. The maximum atomic E-state index is 12.5. The molecule has 0 bridgehead atoms. The van der Waals surface area contributed by atoms with Gasteiger partial charge in [0.05, 0.1) is 24.1 Å². The van der Waals surface area contributed by atoms with Crippen molar-refractivity contribution in [1.82, 2.24) is 15.0 Å². The standard InChI is InChI=1S/C22H20N4O2S2/c1-3-19-23-17-7-5-4-6-16(17)21(25-19)29-13-20(27)26-22-24-18(12-30-22)14-8-10-15(28-2)11-9-14/h4-12H,3,13H2,1-2H3,(H,24,26,27). The molecule has 6 nitrogen and oxygen atoms in total. The molecule has 2 aromatic heterocycles. The Kier molecular flexibility index (Phi) is 6.25. The first-order valence-corrected chi connectivity index (χ1v) is 11.3. The zero-order chi connectivity index (χ0) is 20.9. The van der Waals surface area contributed by atoms with Gasteiger partial charge in [-0.05, 0) is 30.3 Å². The molecule has 1 amide bonds. The van der Waals surface area contributed by atoms with Gasteiger partial charge < -0.3 is 10.1 Å². The summed E-state index contributed by atoms with van der Waals surface area (Å²) >= 11 is 2.82. The molecule has 0 aliphatic heterocycles. The van der Waals surface area contributed by atoms with E-state index < -0.39 is 0 Å². The predicted molar refractivity (Wildman–Crippen MR) is 122 cm³/mol. The van der Waals surface area contributed by atoms with Crippen LogP contribution in [-0.2, 0) is 11.2 Å². The lowest BCUT2D eigenvalue weighted by molar-refractivity contribution is -0.113. The van der Waals surface area contributed by atoms with E-state index in [0.717, 1.165) is 45.2 Å². The Bertz CT molecular complexity index is 1180. The van der Waals surface area contributed by atoms with Crippen molar-refractivity contribution in [2.45, 2.75) is 18.4 Å². The highest BCUT2D eigenvalue weighted by Crippen LogP contribution is 2.28. The lowest BCUT2D eigenvalue weighted by Crippen LogP contribution is -2.14. The van der Waals surface area contributed by atoms with Crippen LogP contribution < -0.4 is 10.1 Å². The van der Waals surface area contributed by atoms with Crippen LogP contribution in [0.5, 0.6) is 5.75 Å². The Morgan fingerprint density at radius 2 is 1.90 bits per heavy atom. The summed E-state index contributed by atoms with van der Waals surface area (Å²) in [6.45, 7) is 2.02. The van der Waals surface area contributed by atoms with Crippen molar-refractivity contribution in [3.8, 4) is 17.0 Å². The Labute approximate surface area is 182 Å².